The van der Waals surface area contributed by atoms with E-state index < -0.39 is 0 Å². The quantitative estimate of drug-likeness (QED) is 0.240. The molecule has 0 aromatic carbocycles. The van der Waals surface area contributed by atoms with E-state index in [1.807, 2.05) is 6.55 Å². The lowest BCUT2D eigenvalue weighted by molar-refractivity contribution is 0.566. The van der Waals surface area contributed by atoms with Gasteiger partial charge in [-0.2, -0.15) is 0 Å². The van der Waals surface area contributed by atoms with Crippen molar-refractivity contribution in [2.45, 2.75) is 6.55 Å². The second-order valence-electron chi connectivity index (χ2n) is 0.566. The molecule has 2 nitrogen and oxygen atoms in total. The van der Waals surface area contributed by atoms with E-state index in [0.29, 0.717) is 0 Å². The lowest BCUT2D eigenvalue weighted by Crippen LogP contribution is -1.65. The Bertz CT molecular complexity index is 56.7. The van der Waals surface area contributed by atoms with Gasteiger partial charge in [0.25, 0.3) is 0 Å². The van der Waals surface area contributed by atoms with Crippen molar-refractivity contribution in [2.75, 3.05) is 0 Å². The van der Waals surface area contributed by atoms with Gasteiger partial charge in [-0.05, 0) is 0 Å². The molecule has 0 fully saturated rings. The summed E-state index contributed by atoms with van der Waals surface area (Å²) >= 11 is 0. The first kappa shape index (κ1) is 4.60. The van der Waals surface area contributed by atoms with E-state index in [2.05, 4.69) is 4.66 Å². The molecule has 0 N–H and O–H groups in total. The molecule has 0 aromatic heterocycles. The molecule has 5 heavy (non-hydrogen) atoms. The predicted octanol–water partition coefficient (Wildman–Crippen LogP) is -0.546. The molecular weight excluding hydrogens is 82.1 g/mol. The Labute approximate surface area is 32.8 Å². The Morgan fingerprint density at radius 3 is 2.60 bits per heavy atom. The van der Waals surface area contributed by atoms with Crippen LogP contribution in [0.1, 0.15) is 0 Å². The fourth-order valence-corrected chi connectivity index (χ4v) is 0.194. The number of hydrogen-bond acceptors (Lipinski definition) is 2. The Kier molecular flexibility index (Phi) is 3.31. The summed E-state index contributed by atoms with van der Waals surface area (Å²) in [6.07, 6.45) is 1.45. The molecule has 0 radical (unpaired) electrons. The van der Waals surface area contributed by atoms with Gasteiger partial charge in [0, 0.05) is 0 Å². The van der Waals surface area contributed by atoms with E-state index in [4.69, 9.17) is 4.79 Å². The van der Waals surface area contributed by atoms with Gasteiger partial charge in [-0.25, -0.2) is 4.79 Å². The largest absolute Gasteiger partial charge is 0.256 e. The van der Waals surface area contributed by atoms with E-state index in [0.717, 1.165) is 0 Å². The lowest BCUT2D eigenvalue weighted by atomic mass is 11.7. The number of hydrogen-bond donors (Lipinski definition) is 0. The fourth-order valence-electron chi connectivity index (χ4n) is 0.0645. The zero-order chi connectivity index (χ0) is 4.12. The highest BCUT2D eigenvalue weighted by Gasteiger charge is 1.55. The Morgan fingerprint density at radius 2 is 2.60 bits per heavy atom. The topological polar surface area (TPSA) is 29.4 Å². The standard InChI is InChI=1S/C2H5NOSi/c1-5-3-2-4/h5H2,1H3. The van der Waals surface area contributed by atoms with Crippen molar-refractivity contribution in [1.82, 2.24) is 0 Å². The minimum atomic E-state index is -0.385. The molecule has 0 saturated carbocycles. The zero-order valence-corrected chi connectivity index (χ0v) is 4.48. The molecule has 0 heterocycles. The highest BCUT2D eigenvalue weighted by Crippen LogP contribution is 1.48. The van der Waals surface area contributed by atoms with Gasteiger partial charge in [-0.15, -0.1) is 0 Å². The molecule has 0 saturated heterocycles. The molecule has 0 aliphatic carbocycles. The maximum absolute atomic E-state index is 9.15. The van der Waals surface area contributed by atoms with Crippen molar-refractivity contribution in [2.24, 2.45) is 4.66 Å². The third kappa shape index (κ3) is 3.60. The summed E-state index contributed by atoms with van der Waals surface area (Å²) in [5.41, 5.74) is 0. The lowest BCUT2D eigenvalue weighted by Gasteiger charge is -1.56. The molecule has 0 spiro atoms. The van der Waals surface area contributed by atoms with Crippen molar-refractivity contribution in [3.63, 3.8) is 0 Å². The van der Waals surface area contributed by atoms with Gasteiger partial charge >= 0.3 is 0 Å². The Hall–Kier alpha value is -0.403. The van der Waals surface area contributed by atoms with Crippen molar-refractivity contribution in [3.8, 4) is 0 Å². The zero-order valence-electron chi connectivity index (χ0n) is 3.06. The maximum atomic E-state index is 9.15. The van der Waals surface area contributed by atoms with Gasteiger partial charge in [0.05, 0.1) is 0 Å². The SMILES string of the molecule is C[SiH2]N=C=O. The first-order valence-electron chi connectivity index (χ1n) is 1.45. The first-order chi connectivity index (χ1) is 2.41. The summed E-state index contributed by atoms with van der Waals surface area (Å²) in [6.45, 7) is 1.92. The van der Waals surface area contributed by atoms with Gasteiger partial charge in [-0.1, -0.05) is 6.55 Å². The molecule has 0 unspecified atom stereocenters. The molecule has 0 bridgehead atoms. The Balaban J connectivity index is 2.93. The van der Waals surface area contributed by atoms with Gasteiger partial charge in [-0.3, -0.25) is 4.66 Å². The van der Waals surface area contributed by atoms with Crippen LogP contribution in [0, 0.1) is 0 Å². The summed E-state index contributed by atoms with van der Waals surface area (Å²) in [5, 5.41) is 0. The van der Waals surface area contributed by atoms with E-state index in [1.165, 1.54) is 6.08 Å². The average Bonchev–Trinajstić information content (AvgIpc) is 1.41. The number of nitrogens with zero attached hydrogens (tertiary/aromatic N) is 1. The molecule has 0 aliphatic rings. The summed E-state index contributed by atoms with van der Waals surface area (Å²) in [6, 6.07) is 0. The van der Waals surface area contributed by atoms with Gasteiger partial charge in [0.2, 0.25) is 6.08 Å². The summed E-state index contributed by atoms with van der Waals surface area (Å²) in [7, 11) is -0.385. The highest BCUT2D eigenvalue weighted by atomic mass is 28.2. The van der Waals surface area contributed by atoms with Crippen LogP contribution < -0.4 is 0 Å². The summed E-state index contributed by atoms with van der Waals surface area (Å²) in [4.78, 5) is 9.15. The van der Waals surface area contributed by atoms with Crippen LogP contribution in [0.2, 0.25) is 6.55 Å². The average molecular weight is 87.2 g/mol. The predicted molar refractivity (Wildman–Crippen MR) is 22.5 cm³/mol. The first-order valence-corrected chi connectivity index (χ1v) is 3.50. The second kappa shape index (κ2) is 3.60. The number of isocyanates is 1. The van der Waals surface area contributed by atoms with Gasteiger partial charge in [0.1, 0.15) is 0 Å². The fraction of sp³-hybridized carbons (Fsp3) is 0.500. The highest BCUT2D eigenvalue weighted by molar-refractivity contribution is 6.32. The van der Waals surface area contributed by atoms with Crippen LogP contribution in [0.4, 0.5) is 0 Å². The molecule has 3 heteroatoms. The van der Waals surface area contributed by atoms with E-state index in [9.17, 15) is 0 Å². The van der Waals surface area contributed by atoms with E-state index in [1.54, 1.807) is 0 Å². The third-order valence-electron chi connectivity index (χ3n) is 0.223. The molecule has 0 aromatic rings. The van der Waals surface area contributed by atoms with Crippen LogP contribution in [0.25, 0.3) is 0 Å². The van der Waals surface area contributed by atoms with Crippen molar-refractivity contribution in [1.29, 1.82) is 0 Å². The van der Waals surface area contributed by atoms with E-state index >= 15 is 0 Å². The normalized spacial score (nSPS) is 8.20. The summed E-state index contributed by atoms with van der Waals surface area (Å²) < 4.78 is 3.31. The van der Waals surface area contributed by atoms with Crippen LogP contribution in [0.5, 0.6) is 0 Å². The molecule has 0 atom stereocenters. The molecule has 28 valence electrons. The van der Waals surface area contributed by atoms with E-state index in [-0.39, 0.29) is 9.68 Å². The molecule has 0 rings (SSSR count). The second-order valence-corrected chi connectivity index (χ2v) is 1.51. The van der Waals surface area contributed by atoms with Crippen LogP contribution >= 0.6 is 0 Å². The number of rotatable bonds is 1. The molecular formula is C2H5NOSi. The number of carbonyl (C=O) groups excluding carboxylic acids is 1. The van der Waals surface area contributed by atoms with Crippen LogP contribution in [-0.4, -0.2) is 15.8 Å². The summed E-state index contributed by atoms with van der Waals surface area (Å²) in [5.74, 6) is 0. The van der Waals surface area contributed by atoms with Crippen LogP contribution in [0.3, 0.4) is 0 Å². The van der Waals surface area contributed by atoms with Crippen molar-refractivity contribution in [3.05, 3.63) is 0 Å². The third-order valence-corrected chi connectivity index (χ3v) is 0.668. The van der Waals surface area contributed by atoms with Crippen LogP contribution in [0.15, 0.2) is 4.66 Å². The molecule has 0 amide bonds. The van der Waals surface area contributed by atoms with Crippen molar-refractivity contribution >= 4 is 15.8 Å². The maximum Gasteiger partial charge on any atom is 0.224 e. The Morgan fingerprint density at radius 1 is 2.00 bits per heavy atom. The van der Waals surface area contributed by atoms with Crippen molar-refractivity contribution < 1.29 is 4.79 Å². The van der Waals surface area contributed by atoms with Gasteiger partial charge < -0.3 is 0 Å². The molecule has 0 aliphatic heterocycles. The minimum Gasteiger partial charge on any atom is -0.256 e. The van der Waals surface area contributed by atoms with Gasteiger partial charge in [0.15, 0.2) is 9.68 Å². The smallest absolute Gasteiger partial charge is 0.224 e. The monoisotopic (exact) mass is 87.0 g/mol. The van der Waals surface area contributed by atoms with Crippen LogP contribution in [-0.2, 0) is 4.79 Å². The minimum absolute atomic E-state index is 0.385.